The number of primary amides is 1. The van der Waals surface area contributed by atoms with Gasteiger partial charge in [0.2, 0.25) is 5.91 Å². The highest BCUT2D eigenvalue weighted by Crippen LogP contribution is 2.16. The number of anilines is 1. The summed E-state index contributed by atoms with van der Waals surface area (Å²) < 4.78 is 18.0. The summed E-state index contributed by atoms with van der Waals surface area (Å²) in [6.45, 7) is 1.57. The largest absolute Gasteiger partial charge is 0.445 e. The third-order valence-electron chi connectivity index (χ3n) is 2.01. The molecule has 0 saturated heterocycles. The van der Waals surface area contributed by atoms with E-state index in [2.05, 4.69) is 10.1 Å². The number of hydrogen-bond donors (Lipinski definition) is 2. The lowest BCUT2D eigenvalue weighted by molar-refractivity contribution is -0.115. The highest BCUT2D eigenvalue weighted by molar-refractivity contribution is 5.90. The first kappa shape index (κ1) is 13.0. The van der Waals surface area contributed by atoms with Crippen molar-refractivity contribution in [2.45, 2.75) is 20.0 Å². The van der Waals surface area contributed by atoms with Gasteiger partial charge in [0.05, 0.1) is 5.69 Å². The number of amides is 2. The molecule has 0 aliphatic carbocycles. The average Bonchev–Trinajstić information content (AvgIpc) is 2.29. The minimum atomic E-state index is -0.922. The van der Waals surface area contributed by atoms with Crippen LogP contribution in [0.5, 0.6) is 0 Å². The molecule has 0 aliphatic heterocycles. The monoisotopic (exact) mass is 240 g/mol. The zero-order valence-corrected chi connectivity index (χ0v) is 9.33. The molecule has 2 amide bonds. The molecule has 0 spiro atoms. The molecule has 92 valence electrons. The van der Waals surface area contributed by atoms with Crippen LogP contribution in [0.15, 0.2) is 18.2 Å². The van der Waals surface area contributed by atoms with Gasteiger partial charge in [0.1, 0.15) is 12.4 Å². The number of nitrogens with two attached hydrogens (primary N) is 1. The molecule has 17 heavy (non-hydrogen) atoms. The number of rotatable bonds is 4. The Morgan fingerprint density at radius 2 is 2.18 bits per heavy atom. The molecule has 0 radical (unpaired) electrons. The minimum Gasteiger partial charge on any atom is -0.445 e. The lowest BCUT2D eigenvalue weighted by atomic mass is 10.2. The van der Waals surface area contributed by atoms with Gasteiger partial charge in [-0.05, 0) is 17.7 Å². The maximum atomic E-state index is 13.5. The zero-order chi connectivity index (χ0) is 12.8. The molecule has 3 N–H and O–H groups in total. The van der Waals surface area contributed by atoms with E-state index in [1.165, 1.54) is 18.2 Å². The van der Waals surface area contributed by atoms with Gasteiger partial charge in [0.25, 0.3) is 0 Å². The summed E-state index contributed by atoms with van der Waals surface area (Å²) in [6.07, 6.45) is -0.653. The summed E-state index contributed by atoms with van der Waals surface area (Å²) in [5, 5.41) is 2.41. The van der Waals surface area contributed by atoms with Crippen molar-refractivity contribution in [3.63, 3.8) is 0 Å². The lowest BCUT2D eigenvalue weighted by Gasteiger charge is -2.07. The molecule has 1 rings (SSSR count). The molecular formula is C11H13FN2O3. The van der Waals surface area contributed by atoms with Crippen LogP contribution < -0.4 is 11.1 Å². The number of hydrogen-bond acceptors (Lipinski definition) is 3. The van der Waals surface area contributed by atoms with Crippen molar-refractivity contribution in [2.75, 3.05) is 5.32 Å². The Morgan fingerprint density at radius 3 is 2.71 bits per heavy atom. The Bertz CT molecular complexity index is 435. The van der Waals surface area contributed by atoms with Gasteiger partial charge in [-0.25, -0.2) is 9.18 Å². The fraction of sp³-hybridized carbons (Fsp3) is 0.273. The fourth-order valence-electron chi connectivity index (χ4n) is 1.14. The third kappa shape index (κ3) is 4.10. The van der Waals surface area contributed by atoms with E-state index in [1.807, 2.05) is 0 Å². The highest BCUT2D eigenvalue weighted by atomic mass is 19.1. The molecule has 0 saturated carbocycles. The van der Waals surface area contributed by atoms with Crippen LogP contribution in [0.3, 0.4) is 0 Å². The van der Waals surface area contributed by atoms with Crippen molar-refractivity contribution >= 4 is 17.7 Å². The van der Waals surface area contributed by atoms with Gasteiger partial charge in [0.15, 0.2) is 0 Å². The summed E-state index contributed by atoms with van der Waals surface area (Å²) in [6, 6.07) is 4.12. The van der Waals surface area contributed by atoms with Crippen LogP contribution in [0.1, 0.15) is 18.9 Å². The van der Waals surface area contributed by atoms with Crippen LogP contribution in [-0.4, -0.2) is 12.0 Å². The summed E-state index contributed by atoms with van der Waals surface area (Å²) >= 11 is 0. The number of ether oxygens (including phenoxy) is 1. The molecule has 0 unspecified atom stereocenters. The first-order valence-electron chi connectivity index (χ1n) is 5.03. The van der Waals surface area contributed by atoms with E-state index in [-0.39, 0.29) is 24.6 Å². The SMILES string of the molecule is CCC(=O)Nc1ccc(COC(N)=O)cc1F. The van der Waals surface area contributed by atoms with Crippen molar-refractivity contribution in [2.24, 2.45) is 5.73 Å². The third-order valence-corrected chi connectivity index (χ3v) is 2.01. The average molecular weight is 240 g/mol. The predicted octanol–water partition coefficient (Wildman–Crippen LogP) is 1.77. The van der Waals surface area contributed by atoms with Crippen LogP contribution >= 0.6 is 0 Å². The summed E-state index contributed by atoms with van der Waals surface area (Å²) in [4.78, 5) is 21.4. The first-order chi connectivity index (χ1) is 8.02. The predicted molar refractivity (Wildman–Crippen MR) is 59.7 cm³/mol. The number of carbonyl (C=O) groups is 2. The van der Waals surface area contributed by atoms with Gasteiger partial charge in [-0.15, -0.1) is 0 Å². The van der Waals surface area contributed by atoms with E-state index in [4.69, 9.17) is 5.73 Å². The van der Waals surface area contributed by atoms with Crippen LogP contribution in [-0.2, 0) is 16.1 Å². The van der Waals surface area contributed by atoms with Gasteiger partial charge < -0.3 is 15.8 Å². The van der Waals surface area contributed by atoms with E-state index >= 15 is 0 Å². The van der Waals surface area contributed by atoms with Gasteiger partial charge in [-0.2, -0.15) is 0 Å². The second-order valence-corrected chi connectivity index (χ2v) is 3.32. The van der Waals surface area contributed by atoms with Gasteiger partial charge >= 0.3 is 6.09 Å². The molecule has 6 heteroatoms. The molecule has 0 aromatic heterocycles. The van der Waals surface area contributed by atoms with Crippen LogP contribution in [0, 0.1) is 5.82 Å². The van der Waals surface area contributed by atoms with Gasteiger partial charge in [-0.1, -0.05) is 13.0 Å². The van der Waals surface area contributed by atoms with Crippen molar-refractivity contribution in [3.05, 3.63) is 29.6 Å². The molecule has 5 nitrogen and oxygen atoms in total. The smallest absolute Gasteiger partial charge is 0.404 e. The van der Waals surface area contributed by atoms with Crippen molar-refractivity contribution in [3.8, 4) is 0 Å². The van der Waals surface area contributed by atoms with E-state index in [0.29, 0.717) is 5.56 Å². The van der Waals surface area contributed by atoms with E-state index < -0.39 is 11.9 Å². The molecular weight excluding hydrogens is 227 g/mol. The molecule has 0 bridgehead atoms. The minimum absolute atomic E-state index is 0.0969. The number of halogens is 1. The molecule has 1 aromatic carbocycles. The maximum Gasteiger partial charge on any atom is 0.404 e. The highest BCUT2D eigenvalue weighted by Gasteiger charge is 2.07. The maximum absolute atomic E-state index is 13.5. The topological polar surface area (TPSA) is 81.4 Å². The Balaban J connectivity index is 2.72. The Labute approximate surface area is 97.7 Å². The normalized spacial score (nSPS) is 9.76. The van der Waals surface area contributed by atoms with E-state index in [9.17, 15) is 14.0 Å². The van der Waals surface area contributed by atoms with Crippen molar-refractivity contribution in [1.29, 1.82) is 0 Å². The van der Waals surface area contributed by atoms with Crippen LogP contribution in [0.25, 0.3) is 0 Å². The zero-order valence-electron chi connectivity index (χ0n) is 9.33. The Morgan fingerprint density at radius 1 is 1.47 bits per heavy atom. The molecule has 0 aliphatic rings. The molecule has 1 aromatic rings. The second kappa shape index (κ2) is 5.83. The summed E-state index contributed by atoms with van der Waals surface area (Å²) in [7, 11) is 0. The summed E-state index contributed by atoms with van der Waals surface area (Å²) in [5.74, 6) is -0.859. The van der Waals surface area contributed by atoms with Crippen molar-refractivity contribution in [1.82, 2.24) is 0 Å². The molecule has 0 heterocycles. The lowest BCUT2D eigenvalue weighted by Crippen LogP contribution is -2.13. The van der Waals surface area contributed by atoms with Crippen LogP contribution in [0.4, 0.5) is 14.9 Å². The number of benzene rings is 1. The summed E-state index contributed by atoms with van der Waals surface area (Å²) in [5.41, 5.74) is 5.33. The van der Waals surface area contributed by atoms with E-state index in [0.717, 1.165) is 0 Å². The quantitative estimate of drug-likeness (QED) is 0.841. The van der Waals surface area contributed by atoms with E-state index in [1.54, 1.807) is 6.92 Å². The van der Waals surface area contributed by atoms with Gasteiger partial charge in [0, 0.05) is 6.42 Å². The Hall–Kier alpha value is -2.11. The Kier molecular flexibility index (Phi) is 4.45. The standard InChI is InChI=1S/C11H13FN2O3/c1-2-10(15)14-9-4-3-7(5-8(9)12)6-17-11(13)16/h3-5H,2,6H2,1H3,(H2,13,16)(H,14,15). The fourth-order valence-corrected chi connectivity index (χ4v) is 1.14. The molecule has 0 atom stereocenters. The van der Waals surface area contributed by atoms with Crippen molar-refractivity contribution < 1.29 is 18.7 Å². The number of carbonyl (C=O) groups excluding carboxylic acids is 2. The molecule has 0 fully saturated rings. The second-order valence-electron chi connectivity index (χ2n) is 3.32. The van der Waals surface area contributed by atoms with Gasteiger partial charge in [-0.3, -0.25) is 4.79 Å². The number of nitrogens with one attached hydrogen (secondary N) is 1. The van der Waals surface area contributed by atoms with Crippen LogP contribution in [0.2, 0.25) is 0 Å². The first-order valence-corrected chi connectivity index (χ1v) is 5.03.